The third-order valence-corrected chi connectivity index (χ3v) is 4.49. The van der Waals surface area contributed by atoms with Crippen molar-refractivity contribution in [2.45, 2.75) is 6.42 Å². The zero-order valence-electron chi connectivity index (χ0n) is 11.2. The third kappa shape index (κ3) is 2.93. The first-order chi connectivity index (χ1) is 10.5. The van der Waals surface area contributed by atoms with E-state index >= 15 is 0 Å². The van der Waals surface area contributed by atoms with Crippen molar-refractivity contribution in [1.29, 1.82) is 0 Å². The predicted molar refractivity (Wildman–Crippen MR) is 82.1 cm³/mol. The molecule has 0 unspecified atom stereocenters. The zero-order valence-corrected chi connectivity index (χ0v) is 12.9. The van der Waals surface area contributed by atoms with Crippen LogP contribution in [0.15, 0.2) is 23.1 Å². The lowest BCUT2D eigenvalue weighted by molar-refractivity contribution is -0.305. The summed E-state index contributed by atoms with van der Waals surface area (Å²) < 4.78 is 10.9. The molecule has 2 heterocycles. The standard InChI is InChI=1S/C14H11NO5S2/c16-12(17)3-4-15-13(18)11(22-14(15)21)6-8-1-2-9-10(5-8)20-7-19-9/h1-2,5-6H,3-4,7H2,(H,16,17)/p-1/b11-6-. The number of carbonyl (C=O) groups excluding carboxylic acids is 2. The molecule has 0 bridgehead atoms. The minimum absolute atomic E-state index is 0.0193. The van der Waals surface area contributed by atoms with Crippen molar-refractivity contribution in [2.75, 3.05) is 13.3 Å². The number of amides is 1. The summed E-state index contributed by atoms with van der Waals surface area (Å²) in [5.74, 6) is -0.220. The van der Waals surface area contributed by atoms with Crippen molar-refractivity contribution in [3.8, 4) is 11.5 Å². The monoisotopic (exact) mass is 336 g/mol. The van der Waals surface area contributed by atoms with Crippen LogP contribution in [-0.4, -0.2) is 34.4 Å². The number of hydrogen-bond donors (Lipinski definition) is 0. The average molecular weight is 336 g/mol. The molecular formula is C14H10NO5S2-. The van der Waals surface area contributed by atoms with Crippen LogP contribution in [0.3, 0.4) is 0 Å². The van der Waals surface area contributed by atoms with Gasteiger partial charge in [0.25, 0.3) is 5.91 Å². The van der Waals surface area contributed by atoms with Gasteiger partial charge in [0, 0.05) is 18.9 Å². The number of hydrogen-bond acceptors (Lipinski definition) is 7. The van der Waals surface area contributed by atoms with Gasteiger partial charge in [0.15, 0.2) is 11.5 Å². The molecule has 22 heavy (non-hydrogen) atoms. The van der Waals surface area contributed by atoms with Gasteiger partial charge in [0.05, 0.1) is 4.91 Å². The lowest BCUT2D eigenvalue weighted by Gasteiger charge is -2.14. The van der Waals surface area contributed by atoms with E-state index in [1.807, 2.05) is 0 Å². The second-order valence-electron chi connectivity index (χ2n) is 4.57. The van der Waals surface area contributed by atoms with Crippen LogP contribution in [0, 0.1) is 0 Å². The molecule has 8 heteroatoms. The molecule has 1 aromatic rings. The second-order valence-corrected chi connectivity index (χ2v) is 6.24. The first kappa shape index (κ1) is 14.9. The molecule has 0 atom stereocenters. The van der Waals surface area contributed by atoms with Crippen LogP contribution in [0.2, 0.25) is 0 Å². The summed E-state index contributed by atoms with van der Waals surface area (Å²) in [6, 6.07) is 5.35. The van der Waals surface area contributed by atoms with Gasteiger partial charge in [-0.05, 0) is 23.8 Å². The highest BCUT2D eigenvalue weighted by Gasteiger charge is 2.31. The van der Waals surface area contributed by atoms with Crippen molar-refractivity contribution in [3.63, 3.8) is 0 Å². The molecule has 0 saturated carbocycles. The smallest absolute Gasteiger partial charge is 0.266 e. The molecule has 114 valence electrons. The Morgan fingerprint density at radius 2 is 2.18 bits per heavy atom. The molecular weight excluding hydrogens is 326 g/mol. The maximum Gasteiger partial charge on any atom is 0.266 e. The van der Waals surface area contributed by atoms with E-state index in [-0.39, 0.29) is 25.7 Å². The number of fused-ring (bicyclic) bond motifs is 1. The number of carboxylic acids is 1. The summed E-state index contributed by atoms with van der Waals surface area (Å²) in [5, 5.41) is 10.5. The normalized spacial score (nSPS) is 18.4. The molecule has 0 aliphatic carbocycles. The maximum atomic E-state index is 12.2. The second kappa shape index (κ2) is 5.98. The highest BCUT2D eigenvalue weighted by molar-refractivity contribution is 8.26. The first-order valence-corrected chi connectivity index (χ1v) is 7.62. The third-order valence-electron chi connectivity index (χ3n) is 3.11. The average Bonchev–Trinajstić information content (AvgIpc) is 3.02. The van der Waals surface area contributed by atoms with Gasteiger partial charge in [-0.15, -0.1) is 0 Å². The van der Waals surface area contributed by atoms with E-state index in [9.17, 15) is 14.7 Å². The number of aliphatic carboxylic acids is 1. The van der Waals surface area contributed by atoms with Crippen LogP contribution in [0.1, 0.15) is 12.0 Å². The SMILES string of the molecule is O=C([O-])CCN1C(=O)/C(=C/c2ccc3c(c2)OCO3)SC1=S. The van der Waals surface area contributed by atoms with Crippen molar-refractivity contribution < 1.29 is 24.2 Å². The fourth-order valence-electron chi connectivity index (χ4n) is 2.05. The Kier molecular flexibility index (Phi) is 4.04. The summed E-state index contributed by atoms with van der Waals surface area (Å²) in [5.41, 5.74) is 0.782. The molecule has 6 nitrogen and oxygen atoms in total. The Morgan fingerprint density at radius 1 is 1.41 bits per heavy atom. The van der Waals surface area contributed by atoms with E-state index in [1.165, 1.54) is 4.90 Å². The number of nitrogens with zero attached hydrogens (tertiary/aromatic N) is 1. The summed E-state index contributed by atoms with van der Waals surface area (Å²) in [4.78, 5) is 24.5. The Balaban J connectivity index is 1.79. The quantitative estimate of drug-likeness (QED) is 0.593. The van der Waals surface area contributed by atoms with Gasteiger partial charge in [-0.3, -0.25) is 9.69 Å². The van der Waals surface area contributed by atoms with E-state index in [2.05, 4.69) is 0 Å². The summed E-state index contributed by atoms with van der Waals surface area (Å²) in [7, 11) is 0. The van der Waals surface area contributed by atoms with E-state index in [0.29, 0.717) is 20.7 Å². The molecule has 3 rings (SSSR count). The fourth-order valence-corrected chi connectivity index (χ4v) is 3.36. The van der Waals surface area contributed by atoms with Crippen molar-refractivity contribution in [1.82, 2.24) is 4.90 Å². The van der Waals surface area contributed by atoms with Crippen LogP contribution in [0.4, 0.5) is 0 Å². The van der Waals surface area contributed by atoms with Crippen LogP contribution in [-0.2, 0) is 9.59 Å². The number of thiocarbonyl (C=S) groups is 1. The van der Waals surface area contributed by atoms with Crippen LogP contribution < -0.4 is 14.6 Å². The lowest BCUT2D eigenvalue weighted by Crippen LogP contribution is -2.33. The Morgan fingerprint density at radius 3 is 2.95 bits per heavy atom. The molecule has 0 radical (unpaired) electrons. The largest absolute Gasteiger partial charge is 0.550 e. The molecule has 2 aliphatic rings. The lowest BCUT2D eigenvalue weighted by atomic mass is 10.2. The predicted octanol–water partition coefficient (Wildman–Crippen LogP) is 0.756. The molecule has 0 N–H and O–H groups in total. The van der Waals surface area contributed by atoms with E-state index in [0.717, 1.165) is 17.3 Å². The number of thioether (sulfide) groups is 1. The number of carbonyl (C=O) groups is 2. The van der Waals surface area contributed by atoms with Gasteiger partial charge in [0.2, 0.25) is 6.79 Å². The fraction of sp³-hybridized carbons (Fsp3) is 0.214. The number of benzene rings is 1. The summed E-state index contributed by atoms with van der Waals surface area (Å²) in [6.45, 7) is 0.204. The molecule has 1 amide bonds. The highest BCUT2D eigenvalue weighted by Crippen LogP contribution is 2.36. The molecule has 0 aromatic heterocycles. The van der Waals surface area contributed by atoms with Crippen LogP contribution in [0.5, 0.6) is 11.5 Å². The van der Waals surface area contributed by atoms with Crippen LogP contribution >= 0.6 is 24.0 Å². The van der Waals surface area contributed by atoms with Crippen LogP contribution in [0.25, 0.3) is 6.08 Å². The van der Waals surface area contributed by atoms with Gasteiger partial charge < -0.3 is 19.4 Å². The zero-order chi connectivity index (χ0) is 15.7. The Bertz CT molecular complexity index is 700. The number of ether oxygens (including phenoxy) is 2. The number of carboxylic acid groups (broad SMARTS) is 1. The molecule has 2 aliphatic heterocycles. The molecule has 1 saturated heterocycles. The number of rotatable bonds is 4. The van der Waals surface area contributed by atoms with Crippen molar-refractivity contribution in [3.05, 3.63) is 28.7 Å². The van der Waals surface area contributed by atoms with E-state index < -0.39 is 5.97 Å². The minimum Gasteiger partial charge on any atom is -0.550 e. The Hall–Kier alpha value is -2.06. The molecule has 1 fully saturated rings. The van der Waals surface area contributed by atoms with Gasteiger partial charge in [-0.25, -0.2) is 0 Å². The van der Waals surface area contributed by atoms with Gasteiger partial charge in [0.1, 0.15) is 4.32 Å². The highest BCUT2D eigenvalue weighted by atomic mass is 32.2. The summed E-state index contributed by atoms with van der Waals surface area (Å²) >= 11 is 6.26. The minimum atomic E-state index is -1.21. The van der Waals surface area contributed by atoms with Gasteiger partial charge in [-0.1, -0.05) is 30.0 Å². The van der Waals surface area contributed by atoms with E-state index in [4.69, 9.17) is 21.7 Å². The Labute approximate surface area is 135 Å². The van der Waals surface area contributed by atoms with Crippen molar-refractivity contribution in [2.24, 2.45) is 0 Å². The maximum absolute atomic E-state index is 12.2. The van der Waals surface area contributed by atoms with Gasteiger partial charge >= 0.3 is 0 Å². The topological polar surface area (TPSA) is 78.9 Å². The molecule has 0 spiro atoms. The first-order valence-electron chi connectivity index (χ1n) is 6.39. The van der Waals surface area contributed by atoms with Crippen molar-refractivity contribution >= 4 is 46.3 Å². The van der Waals surface area contributed by atoms with E-state index in [1.54, 1.807) is 24.3 Å². The van der Waals surface area contributed by atoms with Gasteiger partial charge in [-0.2, -0.15) is 0 Å². The molecule has 1 aromatic carbocycles. The summed E-state index contributed by atoms with van der Waals surface area (Å²) in [6.07, 6.45) is 1.45.